The maximum absolute atomic E-state index is 13.3. The van der Waals surface area contributed by atoms with Gasteiger partial charge in [-0.1, -0.05) is 0 Å². The molecule has 1 heterocycles. The van der Waals surface area contributed by atoms with Gasteiger partial charge in [0.1, 0.15) is 17.1 Å². The van der Waals surface area contributed by atoms with Crippen molar-refractivity contribution in [2.24, 2.45) is 0 Å². The minimum Gasteiger partial charge on any atom is -0.508 e. The van der Waals surface area contributed by atoms with Crippen LogP contribution < -0.4 is 5.63 Å². The molecule has 0 amide bonds. The van der Waals surface area contributed by atoms with Crippen molar-refractivity contribution in [3.63, 3.8) is 0 Å². The van der Waals surface area contributed by atoms with Crippen LogP contribution in [-0.2, 0) is 0 Å². The average Bonchev–Trinajstić information content (AvgIpc) is 2.45. The molecule has 0 saturated carbocycles. The summed E-state index contributed by atoms with van der Waals surface area (Å²) in [6, 6.07) is 8.25. The predicted molar refractivity (Wildman–Crippen MR) is 76.2 cm³/mol. The summed E-state index contributed by atoms with van der Waals surface area (Å²) >= 11 is 0. The van der Waals surface area contributed by atoms with E-state index in [2.05, 4.69) is 0 Å². The molecule has 0 saturated heterocycles. The molecule has 1 aromatic heterocycles. The second-order valence-electron chi connectivity index (χ2n) is 4.58. The SMILES string of the molecule is O=c1cc(-c2ccc(F)cc2[N+](=O)[O-])c2ccc(O)cc2o1. The number of hydrogen-bond acceptors (Lipinski definition) is 5. The molecular formula is C15H8FNO5. The molecule has 0 aliphatic rings. The van der Waals surface area contributed by atoms with Gasteiger partial charge in [-0.15, -0.1) is 0 Å². The highest BCUT2D eigenvalue weighted by molar-refractivity contribution is 5.96. The Kier molecular flexibility index (Phi) is 3.10. The summed E-state index contributed by atoms with van der Waals surface area (Å²) in [6.45, 7) is 0. The molecule has 0 radical (unpaired) electrons. The molecule has 0 spiro atoms. The lowest BCUT2D eigenvalue weighted by Gasteiger charge is -2.07. The molecule has 22 heavy (non-hydrogen) atoms. The van der Waals surface area contributed by atoms with E-state index in [1.54, 1.807) is 0 Å². The second kappa shape index (κ2) is 4.96. The fraction of sp³-hybridized carbons (Fsp3) is 0. The topological polar surface area (TPSA) is 93.6 Å². The van der Waals surface area contributed by atoms with E-state index in [-0.39, 0.29) is 22.5 Å². The van der Waals surface area contributed by atoms with E-state index in [0.717, 1.165) is 18.2 Å². The van der Waals surface area contributed by atoms with Gasteiger partial charge in [0.2, 0.25) is 0 Å². The number of nitro groups is 1. The molecule has 3 rings (SSSR count). The minimum absolute atomic E-state index is 0.0844. The zero-order chi connectivity index (χ0) is 15.9. The van der Waals surface area contributed by atoms with Gasteiger partial charge >= 0.3 is 5.63 Å². The maximum Gasteiger partial charge on any atom is 0.336 e. The molecule has 0 fully saturated rings. The number of phenols is 1. The number of hydrogen-bond donors (Lipinski definition) is 1. The van der Waals surface area contributed by atoms with Gasteiger partial charge in [0, 0.05) is 23.1 Å². The van der Waals surface area contributed by atoms with Crippen LogP contribution in [0.2, 0.25) is 0 Å². The third-order valence-corrected chi connectivity index (χ3v) is 3.17. The number of halogens is 1. The molecule has 2 aromatic carbocycles. The maximum atomic E-state index is 13.3. The first-order chi connectivity index (χ1) is 10.5. The molecule has 0 aliphatic heterocycles. The molecule has 6 nitrogen and oxygen atoms in total. The lowest BCUT2D eigenvalue weighted by Crippen LogP contribution is -2.00. The number of rotatable bonds is 2. The fourth-order valence-electron chi connectivity index (χ4n) is 2.26. The Bertz CT molecular complexity index is 964. The summed E-state index contributed by atoms with van der Waals surface area (Å²) in [5.41, 5.74) is -0.777. The van der Waals surface area contributed by atoms with Gasteiger partial charge < -0.3 is 9.52 Å². The minimum atomic E-state index is -0.750. The highest BCUT2D eigenvalue weighted by Gasteiger charge is 2.19. The molecule has 1 N–H and O–H groups in total. The normalized spacial score (nSPS) is 10.8. The fourth-order valence-corrected chi connectivity index (χ4v) is 2.26. The van der Waals surface area contributed by atoms with Crippen LogP contribution in [-0.4, -0.2) is 10.0 Å². The van der Waals surface area contributed by atoms with Gasteiger partial charge in [0.15, 0.2) is 0 Å². The zero-order valence-electron chi connectivity index (χ0n) is 10.9. The van der Waals surface area contributed by atoms with Crippen LogP contribution in [0.5, 0.6) is 5.75 Å². The summed E-state index contributed by atoms with van der Waals surface area (Å²) in [5, 5.41) is 21.0. The van der Waals surface area contributed by atoms with Crippen molar-refractivity contribution in [3.8, 4) is 16.9 Å². The number of nitro benzene ring substituents is 1. The van der Waals surface area contributed by atoms with Gasteiger partial charge in [-0.25, -0.2) is 9.18 Å². The van der Waals surface area contributed by atoms with Gasteiger partial charge in [0.05, 0.1) is 16.6 Å². The first kappa shape index (κ1) is 13.7. The smallest absolute Gasteiger partial charge is 0.336 e. The van der Waals surface area contributed by atoms with Crippen molar-refractivity contribution in [2.45, 2.75) is 0 Å². The van der Waals surface area contributed by atoms with E-state index in [0.29, 0.717) is 5.39 Å². The van der Waals surface area contributed by atoms with Crippen molar-refractivity contribution >= 4 is 16.7 Å². The third kappa shape index (κ3) is 2.28. The van der Waals surface area contributed by atoms with Gasteiger partial charge in [0.25, 0.3) is 5.69 Å². The first-order valence-electron chi connectivity index (χ1n) is 6.17. The molecular weight excluding hydrogens is 293 g/mol. The Morgan fingerprint density at radius 3 is 2.59 bits per heavy atom. The van der Waals surface area contributed by atoms with Gasteiger partial charge in [-0.2, -0.15) is 0 Å². The number of fused-ring (bicyclic) bond motifs is 1. The Balaban J connectivity index is 2.40. The van der Waals surface area contributed by atoms with Crippen LogP contribution in [0.25, 0.3) is 22.1 Å². The van der Waals surface area contributed by atoms with E-state index in [1.807, 2.05) is 0 Å². The van der Waals surface area contributed by atoms with Crippen molar-refractivity contribution in [1.29, 1.82) is 0 Å². The number of phenolic OH excluding ortho intramolecular Hbond substituents is 1. The Morgan fingerprint density at radius 1 is 1.09 bits per heavy atom. The summed E-state index contributed by atoms with van der Waals surface area (Å²) in [5.74, 6) is -0.859. The monoisotopic (exact) mass is 301 g/mol. The number of aromatic hydroxyl groups is 1. The summed E-state index contributed by atoms with van der Waals surface area (Å²) in [4.78, 5) is 22.0. The van der Waals surface area contributed by atoms with Gasteiger partial charge in [-0.05, 0) is 24.3 Å². The largest absolute Gasteiger partial charge is 0.508 e. The molecule has 0 atom stereocenters. The van der Waals surface area contributed by atoms with Crippen molar-refractivity contribution in [2.75, 3.05) is 0 Å². The third-order valence-electron chi connectivity index (χ3n) is 3.17. The van der Waals surface area contributed by atoms with E-state index in [9.17, 15) is 24.4 Å². The number of benzene rings is 2. The molecule has 3 aromatic rings. The highest BCUT2D eigenvalue weighted by atomic mass is 19.1. The zero-order valence-corrected chi connectivity index (χ0v) is 10.9. The second-order valence-corrected chi connectivity index (χ2v) is 4.58. The van der Waals surface area contributed by atoms with Crippen LogP contribution in [0, 0.1) is 15.9 Å². The van der Waals surface area contributed by atoms with Crippen LogP contribution in [0.1, 0.15) is 0 Å². The quantitative estimate of drug-likeness (QED) is 0.445. The van der Waals surface area contributed by atoms with E-state index in [4.69, 9.17) is 4.42 Å². The Hall–Kier alpha value is -3.22. The predicted octanol–water partition coefficient (Wildman–Crippen LogP) is 3.21. The van der Waals surface area contributed by atoms with Crippen LogP contribution in [0.15, 0.2) is 51.7 Å². The molecule has 0 bridgehead atoms. The van der Waals surface area contributed by atoms with Crippen LogP contribution >= 0.6 is 0 Å². The molecule has 0 aliphatic carbocycles. The van der Waals surface area contributed by atoms with Crippen LogP contribution in [0.3, 0.4) is 0 Å². The standard InChI is InChI=1S/C15H8FNO5/c16-8-1-3-10(13(5-8)17(20)21)12-7-15(19)22-14-6-9(18)2-4-11(12)14/h1-7,18H. The van der Waals surface area contributed by atoms with E-state index >= 15 is 0 Å². The van der Waals surface area contributed by atoms with Crippen LogP contribution in [0.4, 0.5) is 10.1 Å². The van der Waals surface area contributed by atoms with E-state index < -0.39 is 22.1 Å². The average molecular weight is 301 g/mol. The number of nitrogens with zero attached hydrogens (tertiary/aromatic N) is 1. The Labute approximate surface area is 122 Å². The highest BCUT2D eigenvalue weighted by Crippen LogP contribution is 2.35. The van der Waals surface area contributed by atoms with Crippen molar-refractivity contribution in [1.82, 2.24) is 0 Å². The summed E-state index contributed by atoms with van der Waals surface area (Å²) < 4.78 is 18.2. The first-order valence-corrected chi connectivity index (χ1v) is 6.17. The van der Waals surface area contributed by atoms with Gasteiger partial charge in [-0.3, -0.25) is 10.1 Å². The molecule has 7 heteroatoms. The molecule has 110 valence electrons. The lowest BCUT2D eigenvalue weighted by molar-refractivity contribution is -0.384. The lowest BCUT2D eigenvalue weighted by atomic mass is 10.00. The van der Waals surface area contributed by atoms with Crippen molar-refractivity contribution < 1.29 is 18.8 Å². The summed E-state index contributed by atoms with van der Waals surface area (Å²) in [6.07, 6.45) is 0. The van der Waals surface area contributed by atoms with Crippen molar-refractivity contribution in [3.05, 3.63) is 68.8 Å². The summed E-state index contributed by atoms with van der Waals surface area (Å²) in [7, 11) is 0. The molecule has 0 unspecified atom stereocenters. The van der Waals surface area contributed by atoms with E-state index in [1.165, 1.54) is 24.3 Å². The Morgan fingerprint density at radius 2 is 1.86 bits per heavy atom.